The normalized spacial score (nSPS) is 12.3. The van der Waals surface area contributed by atoms with Crippen molar-refractivity contribution in [1.82, 2.24) is 4.90 Å². The van der Waals surface area contributed by atoms with Crippen molar-refractivity contribution < 1.29 is 43.2 Å². The summed E-state index contributed by atoms with van der Waals surface area (Å²) in [7, 11) is 3.21. The van der Waals surface area contributed by atoms with E-state index in [1.807, 2.05) is 72.8 Å². The Morgan fingerprint density at radius 3 is 1.46 bits per heavy atom. The number of nitrogens with zero attached hydrogens (tertiary/aromatic N) is 1. The van der Waals surface area contributed by atoms with Gasteiger partial charge < -0.3 is 29.0 Å². The van der Waals surface area contributed by atoms with Crippen molar-refractivity contribution in [3.8, 4) is 11.5 Å². The van der Waals surface area contributed by atoms with Crippen molar-refractivity contribution in [3.63, 3.8) is 0 Å². The van der Waals surface area contributed by atoms with Gasteiger partial charge in [-0.15, -0.1) is 0 Å². The highest BCUT2D eigenvalue weighted by Crippen LogP contribution is 2.27. The minimum Gasteiger partial charge on any atom is -0.497 e. The topological polar surface area (TPSA) is 129 Å². The van der Waals surface area contributed by atoms with Crippen molar-refractivity contribution in [1.29, 1.82) is 0 Å². The number of carboxylic acid groups (broad SMARTS) is 1. The summed E-state index contributed by atoms with van der Waals surface area (Å²) in [4.78, 5) is 51.0. The SMILES string of the molecule is COc1ccc2cc([C@H](C)C(=O)OCCN(CCOC(=O)[C@@H](C)c3ccc4cc(OC)ccc4c3)C(=O)CCC(=O)O)ccc2c1. The van der Waals surface area contributed by atoms with Crippen LogP contribution in [0.2, 0.25) is 0 Å². The number of aliphatic carboxylic acids is 1. The van der Waals surface area contributed by atoms with E-state index in [2.05, 4.69) is 0 Å². The number of fused-ring (bicyclic) bond motifs is 2. The predicted octanol–water partition coefficient (Wildman–Crippen LogP) is 5.70. The van der Waals surface area contributed by atoms with E-state index >= 15 is 0 Å². The molecule has 4 aromatic rings. The van der Waals surface area contributed by atoms with Crippen LogP contribution in [-0.4, -0.2) is 74.3 Å². The molecule has 0 saturated heterocycles. The summed E-state index contributed by atoms with van der Waals surface area (Å²) in [5, 5.41) is 12.9. The molecule has 4 aromatic carbocycles. The van der Waals surface area contributed by atoms with Crippen LogP contribution < -0.4 is 9.47 Å². The second-order valence-corrected chi connectivity index (χ2v) is 11.0. The standard InChI is InChI=1S/C36H39NO9/c1-23(25-5-7-29-21-31(43-3)11-9-27(29)19-25)35(41)45-17-15-37(33(38)13-14-34(39)40)16-18-46-36(42)24(2)26-6-8-30-22-32(44-4)12-10-28(30)20-26/h5-12,19-24H,13-18H2,1-4H3,(H,39,40)/t23-,24-/m0/s1. The first-order chi connectivity index (χ1) is 22.1. The van der Waals surface area contributed by atoms with Gasteiger partial charge in [-0.05, 0) is 70.8 Å². The van der Waals surface area contributed by atoms with E-state index in [1.165, 1.54) is 4.90 Å². The van der Waals surface area contributed by atoms with Gasteiger partial charge in [-0.25, -0.2) is 0 Å². The molecule has 0 bridgehead atoms. The molecule has 0 radical (unpaired) electrons. The van der Waals surface area contributed by atoms with E-state index in [-0.39, 0.29) is 39.1 Å². The molecule has 242 valence electrons. The Labute approximate surface area is 267 Å². The minimum atomic E-state index is -1.10. The molecule has 10 nitrogen and oxygen atoms in total. The highest BCUT2D eigenvalue weighted by Gasteiger charge is 2.21. The first kappa shape index (κ1) is 33.8. The summed E-state index contributed by atoms with van der Waals surface area (Å²) in [6.45, 7) is 3.34. The third-order valence-corrected chi connectivity index (χ3v) is 7.97. The maximum Gasteiger partial charge on any atom is 0.313 e. The number of hydrogen-bond acceptors (Lipinski definition) is 8. The minimum absolute atomic E-state index is 0.0235. The zero-order chi connectivity index (χ0) is 33.2. The van der Waals surface area contributed by atoms with Crippen molar-refractivity contribution in [2.24, 2.45) is 0 Å². The molecule has 0 aliphatic rings. The van der Waals surface area contributed by atoms with Gasteiger partial charge in [0.05, 0.1) is 45.6 Å². The maximum atomic E-state index is 12.9. The molecule has 10 heteroatoms. The van der Waals surface area contributed by atoms with Crippen molar-refractivity contribution in [3.05, 3.63) is 83.9 Å². The largest absolute Gasteiger partial charge is 0.497 e. The number of carboxylic acids is 1. The molecule has 0 saturated carbocycles. The third kappa shape index (κ3) is 8.74. The molecular formula is C36H39NO9. The molecule has 1 amide bonds. The second kappa shape index (κ2) is 15.7. The van der Waals surface area contributed by atoms with Crippen LogP contribution in [0.15, 0.2) is 72.8 Å². The molecule has 0 fully saturated rings. The monoisotopic (exact) mass is 629 g/mol. The fourth-order valence-electron chi connectivity index (χ4n) is 5.05. The summed E-state index contributed by atoms with van der Waals surface area (Å²) in [5.74, 6) is -2.08. The Hall–Kier alpha value is -5.12. The van der Waals surface area contributed by atoms with E-state index in [1.54, 1.807) is 28.1 Å². The molecule has 0 aromatic heterocycles. The number of carbonyl (C=O) groups is 4. The number of hydrogen-bond donors (Lipinski definition) is 1. The summed E-state index contributed by atoms with van der Waals surface area (Å²) >= 11 is 0. The van der Waals surface area contributed by atoms with E-state index in [0.717, 1.165) is 44.2 Å². The van der Waals surface area contributed by atoms with Crippen molar-refractivity contribution in [2.45, 2.75) is 38.5 Å². The molecule has 0 aliphatic heterocycles. The van der Waals surface area contributed by atoms with Crippen molar-refractivity contribution in [2.75, 3.05) is 40.5 Å². The third-order valence-electron chi connectivity index (χ3n) is 7.97. The lowest BCUT2D eigenvalue weighted by Gasteiger charge is -2.23. The number of carbonyl (C=O) groups excluding carboxylic acids is 3. The lowest BCUT2D eigenvalue weighted by Crippen LogP contribution is -2.38. The maximum absolute atomic E-state index is 12.9. The molecular weight excluding hydrogens is 590 g/mol. The Balaban J connectivity index is 1.32. The first-order valence-corrected chi connectivity index (χ1v) is 15.1. The van der Waals surface area contributed by atoms with Crippen molar-refractivity contribution >= 4 is 45.4 Å². The van der Waals surface area contributed by atoms with Gasteiger partial charge in [0.1, 0.15) is 24.7 Å². The first-order valence-electron chi connectivity index (χ1n) is 15.1. The van der Waals surface area contributed by atoms with Crippen LogP contribution in [0.3, 0.4) is 0 Å². The van der Waals surface area contributed by atoms with Crippen LogP contribution in [0.5, 0.6) is 11.5 Å². The van der Waals surface area contributed by atoms with Crippen LogP contribution in [0.25, 0.3) is 21.5 Å². The summed E-state index contributed by atoms with van der Waals surface area (Å²) in [6.07, 6.45) is -0.571. The molecule has 46 heavy (non-hydrogen) atoms. The molecule has 0 unspecified atom stereocenters. The summed E-state index contributed by atoms with van der Waals surface area (Å²) in [6, 6.07) is 22.8. The van der Waals surface area contributed by atoms with Gasteiger partial charge >= 0.3 is 17.9 Å². The molecule has 2 atom stereocenters. The van der Waals surface area contributed by atoms with Crippen LogP contribution in [0, 0.1) is 0 Å². The smallest absolute Gasteiger partial charge is 0.313 e. The Bertz CT molecular complexity index is 1610. The Morgan fingerprint density at radius 1 is 0.630 bits per heavy atom. The number of benzene rings is 4. The van der Waals surface area contributed by atoms with Crippen LogP contribution in [-0.2, 0) is 28.7 Å². The number of amides is 1. The second-order valence-electron chi connectivity index (χ2n) is 11.0. The van der Waals surface area contributed by atoms with E-state index in [0.29, 0.717) is 0 Å². The van der Waals surface area contributed by atoms with Gasteiger partial charge in [-0.1, -0.05) is 48.5 Å². The van der Waals surface area contributed by atoms with Gasteiger partial charge in [0.25, 0.3) is 0 Å². The highest BCUT2D eigenvalue weighted by molar-refractivity contribution is 5.88. The fourth-order valence-corrected chi connectivity index (χ4v) is 5.05. The number of methoxy groups -OCH3 is 2. The fraction of sp³-hybridized carbons (Fsp3) is 0.333. The molecule has 0 heterocycles. The molecule has 0 aliphatic carbocycles. The van der Waals surface area contributed by atoms with Gasteiger partial charge in [0.15, 0.2) is 0 Å². The lowest BCUT2D eigenvalue weighted by atomic mass is 9.98. The van der Waals surface area contributed by atoms with Gasteiger partial charge in [0, 0.05) is 6.42 Å². The van der Waals surface area contributed by atoms with Gasteiger partial charge in [0.2, 0.25) is 5.91 Å². The predicted molar refractivity (Wildman–Crippen MR) is 173 cm³/mol. The lowest BCUT2D eigenvalue weighted by molar-refractivity contribution is -0.149. The molecule has 4 rings (SSSR count). The molecule has 0 spiro atoms. The zero-order valence-corrected chi connectivity index (χ0v) is 26.5. The Kier molecular flexibility index (Phi) is 11.6. The quantitative estimate of drug-likeness (QED) is 0.165. The van der Waals surface area contributed by atoms with Gasteiger partial charge in [-0.2, -0.15) is 0 Å². The van der Waals surface area contributed by atoms with Crippen LogP contribution in [0.1, 0.15) is 49.7 Å². The number of rotatable bonds is 15. The highest BCUT2D eigenvalue weighted by atomic mass is 16.5. The van der Waals surface area contributed by atoms with Crippen LogP contribution in [0.4, 0.5) is 0 Å². The van der Waals surface area contributed by atoms with E-state index < -0.39 is 35.7 Å². The number of ether oxygens (including phenoxy) is 4. The Morgan fingerprint density at radius 2 is 1.04 bits per heavy atom. The average Bonchev–Trinajstić information content (AvgIpc) is 3.07. The van der Waals surface area contributed by atoms with E-state index in [9.17, 15) is 19.2 Å². The number of esters is 2. The summed E-state index contributed by atoms with van der Waals surface area (Å²) in [5.41, 5.74) is 1.56. The van der Waals surface area contributed by atoms with E-state index in [4.69, 9.17) is 24.1 Å². The van der Waals surface area contributed by atoms with Crippen LogP contribution >= 0.6 is 0 Å². The van der Waals surface area contributed by atoms with Gasteiger partial charge in [-0.3, -0.25) is 19.2 Å². The summed E-state index contributed by atoms with van der Waals surface area (Å²) < 4.78 is 21.5. The molecule has 1 N–H and O–H groups in total. The average molecular weight is 630 g/mol. The zero-order valence-electron chi connectivity index (χ0n) is 26.5.